The Labute approximate surface area is 163 Å². The minimum absolute atomic E-state index is 0.0652. The lowest BCUT2D eigenvalue weighted by Gasteiger charge is -2.35. The van der Waals surface area contributed by atoms with Crippen molar-refractivity contribution in [1.29, 1.82) is 0 Å². The van der Waals surface area contributed by atoms with Crippen molar-refractivity contribution in [3.8, 4) is 0 Å². The van der Waals surface area contributed by atoms with Gasteiger partial charge in [-0.15, -0.1) is 11.8 Å². The largest absolute Gasteiger partial charge is 0.339 e. The Kier molecular flexibility index (Phi) is 6.47. The number of nitro benzene ring substituents is 1. The van der Waals surface area contributed by atoms with E-state index >= 15 is 0 Å². The third-order valence-electron chi connectivity index (χ3n) is 4.79. The Balaban J connectivity index is 1.44. The first-order valence-corrected chi connectivity index (χ1v) is 9.93. The van der Waals surface area contributed by atoms with Gasteiger partial charge in [-0.1, -0.05) is 24.3 Å². The van der Waals surface area contributed by atoms with Gasteiger partial charge in [0.25, 0.3) is 5.69 Å². The van der Waals surface area contributed by atoms with Crippen LogP contribution in [0.15, 0.2) is 53.4 Å². The number of hydrogen-bond donors (Lipinski definition) is 0. The van der Waals surface area contributed by atoms with Gasteiger partial charge >= 0.3 is 0 Å². The highest BCUT2D eigenvalue weighted by Gasteiger charge is 2.21. The maximum absolute atomic E-state index is 12.4. The van der Waals surface area contributed by atoms with Crippen LogP contribution < -0.4 is 0 Å². The molecule has 1 fully saturated rings. The number of rotatable bonds is 6. The Morgan fingerprint density at radius 2 is 1.74 bits per heavy atom. The molecular formula is C20H23N3O3S. The molecule has 27 heavy (non-hydrogen) atoms. The molecule has 0 atom stereocenters. The number of amides is 1. The molecule has 3 rings (SSSR count). The van der Waals surface area contributed by atoms with Crippen LogP contribution in [0.5, 0.6) is 0 Å². The molecule has 1 aliphatic heterocycles. The van der Waals surface area contributed by atoms with E-state index in [9.17, 15) is 14.9 Å². The molecule has 0 unspecified atom stereocenters. The summed E-state index contributed by atoms with van der Waals surface area (Å²) in [6.45, 7) is 6.29. The molecule has 2 aromatic rings. The smallest absolute Gasteiger partial charge is 0.269 e. The van der Waals surface area contributed by atoms with E-state index in [2.05, 4.69) is 36.1 Å². The molecule has 1 aliphatic rings. The molecule has 0 spiro atoms. The Morgan fingerprint density at radius 3 is 2.37 bits per heavy atom. The van der Waals surface area contributed by atoms with Crippen molar-refractivity contribution in [2.75, 3.05) is 31.9 Å². The predicted octanol–water partition coefficient (Wildman–Crippen LogP) is 3.34. The third kappa shape index (κ3) is 5.30. The van der Waals surface area contributed by atoms with Crippen molar-refractivity contribution in [3.63, 3.8) is 0 Å². The van der Waals surface area contributed by atoms with Crippen LogP contribution in [0.1, 0.15) is 11.1 Å². The molecule has 0 N–H and O–H groups in total. The van der Waals surface area contributed by atoms with Gasteiger partial charge in [0.2, 0.25) is 5.91 Å². The zero-order valence-corrected chi connectivity index (χ0v) is 16.2. The lowest BCUT2D eigenvalue weighted by molar-refractivity contribution is -0.384. The summed E-state index contributed by atoms with van der Waals surface area (Å²) >= 11 is 1.42. The lowest BCUT2D eigenvalue weighted by Crippen LogP contribution is -2.48. The predicted molar refractivity (Wildman–Crippen MR) is 107 cm³/mol. The van der Waals surface area contributed by atoms with Crippen molar-refractivity contribution in [3.05, 3.63) is 69.8 Å². The van der Waals surface area contributed by atoms with Crippen LogP contribution in [0.4, 0.5) is 5.69 Å². The lowest BCUT2D eigenvalue weighted by atomic mass is 10.1. The second-order valence-electron chi connectivity index (χ2n) is 6.62. The van der Waals surface area contributed by atoms with Crippen molar-refractivity contribution < 1.29 is 9.72 Å². The van der Waals surface area contributed by atoms with E-state index in [0.717, 1.165) is 37.6 Å². The maximum Gasteiger partial charge on any atom is 0.269 e. The van der Waals surface area contributed by atoms with Crippen molar-refractivity contribution in [1.82, 2.24) is 9.80 Å². The van der Waals surface area contributed by atoms with Gasteiger partial charge in [0.1, 0.15) is 0 Å². The van der Waals surface area contributed by atoms with E-state index in [1.54, 1.807) is 12.1 Å². The number of non-ortho nitro benzene ring substituents is 1. The number of thioether (sulfide) groups is 1. The molecule has 0 aromatic heterocycles. The molecule has 1 heterocycles. The van der Waals surface area contributed by atoms with Gasteiger partial charge in [0.05, 0.1) is 10.7 Å². The van der Waals surface area contributed by atoms with E-state index < -0.39 is 4.92 Å². The Bertz CT molecular complexity index is 802. The van der Waals surface area contributed by atoms with Crippen molar-refractivity contribution >= 4 is 23.4 Å². The number of aryl methyl sites for hydroxylation is 1. The summed E-state index contributed by atoms with van der Waals surface area (Å²) in [5.74, 6) is 0.476. The molecule has 7 heteroatoms. The van der Waals surface area contributed by atoms with Crippen molar-refractivity contribution in [2.24, 2.45) is 0 Å². The van der Waals surface area contributed by atoms with Crippen molar-refractivity contribution in [2.45, 2.75) is 18.4 Å². The number of carbonyl (C=O) groups excluding carboxylic acids is 1. The third-order valence-corrected chi connectivity index (χ3v) is 5.79. The summed E-state index contributed by atoms with van der Waals surface area (Å²) in [6, 6.07) is 14.7. The Morgan fingerprint density at radius 1 is 1.07 bits per heavy atom. The number of piperazine rings is 1. The fourth-order valence-electron chi connectivity index (χ4n) is 3.08. The summed E-state index contributed by atoms with van der Waals surface area (Å²) < 4.78 is 0. The molecule has 0 saturated carbocycles. The van der Waals surface area contributed by atoms with Crippen LogP contribution in [0.3, 0.4) is 0 Å². The van der Waals surface area contributed by atoms with Gasteiger partial charge < -0.3 is 4.90 Å². The van der Waals surface area contributed by atoms with Gasteiger partial charge in [-0.3, -0.25) is 19.8 Å². The van der Waals surface area contributed by atoms with Gasteiger partial charge in [-0.25, -0.2) is 0 Å². The molecule has 0 bridgehead atoms. The van der Waals surface area contributed by atoms with Crippen LogP contribution in [0, 0.1) is 17.0 Å². The molecule has 1 saturated heterocycles. The summed E-state index contributed by atoms with van der Waals surface area (Å²) in [7, 11) is 0. The molecule has 0 radical (unpaired) electrons. The molecule has 1 amide bonds. The maximum atomic E-state index is 12.4. The van der Waals surface area contributed by atoms with Crippen LogP contribution >= 0.6 is 11.8 Å². The monoisotopic (exact) mass is 385 g/mol. The summed E-state index contributed by atoms with van der Waals surface area (Å²) in [5.41, 5.74) is 2.71. The number of nitrogens with zero attached hydrogens (tertiary/aromatic N) is 3. The summed E-state index contributed by atoms with van der Waals surface area (Å²) in [6.07, 6.45) is 0. The molecule has 0 aliphatic carbocycles. The fraction of sp³-hybridized carbons (Fsp3) is 0.350. The minimum Gasteiger partial charge on any atom is -0.339 e. The zero-order chi connectivity index (χ0) is 19.2. The van der Waals surface area contributed by atoms with E-state index in [1.807, 2.05) is 4.90 Å². The first kappa shape index (κ1) is 19.4. The van der Waals surface area contributed by atoms with E-state index in [1.165, 1.54) is 35.0 Å². The number of nitro groups is 1. The number of hydrogen-bond acceptors (Lipinski definition) is 5. The van der Waals surface area contributed by atoms with Gasteiger partial charge in [0.15, 0.2) is 0 Å². The van der Waals surface area contributed by atoms with E-state index in [4.69, 9.17) is 0 Å². The first-order chi connectivity index (χ1) is 13.0. The molecule has 6 nitrogen and oxygen atoms in total. The van der Waals surface area contributed by atoms with Crippen LogP contribution in [-0.2, 0) is 11.3 Å². The second kappa shape index (κ2) is 9.01. The first-order valence-electron chi connectivity index (χ1n) is 8.95. The highest BCUT2D eigenvalue weighted by molar-refractivity contribution is 8.00. The van der Waals surface area contributed by atoms with Gasteiger partial charge in [0, 0.05) is 49.8 Å². The zero-order valence-electron chi connectivity index (χ0n) is 15.3. The molecule has 2 aromatic carbocycles. The highest BCUT2D eigenvalue weighted by Crippen LogP contribution is 2.22. The molecular weight excluding hydrogens is 362 g/mol. The number of carbonyl (C=O) groups is 1. The standard InChI is InChI=1S/C20H23N3O3S/c1-16-4-2-3-5-17(16)14-21-10-12-22(13-11-21)20(24)15-27-19-8-6-18(7-9-19)23(25)26/h2-9H,10-15H2,1H3. The van der Waals surface area contributed by atoms with E-state index in [-0.39, 0.29) is 11.6 Å². The molecule has 142 valence electrons. The van der Waals surface area contributed by atoms with E-state index in [0.29, 0.717) is 5.75 Å². The second-order valence-corrected chi connectivity index (χ2v) is 7.67. The quantitative estimate of drug-likeness (QED) is 0.433. The van der Waals surface area contributed by atoms with Gasteiger partial charge in [-0.2, -0.15) is 0 Å². The summed E-state index contributed by atoms with van der Waals surface area (Å²) in [4.78, 5) is 27.9. The van der Waals surface area contributed by atoms with Crippen LogP contribution in [0.25, 0.3) is 0 Å². The normalized spacial score (nSPS) is 14.9. The average Bonchev–Trinajstić information content (AvgIpc) is 2.69. The topological polar surface area (TPSA) is 66.7 Å². The van der Waals surface area contributed by atoms with Crippen LogP contribution in [-0.4, -0.2) is 52.6 Å². The highest BCUT2D eigenvalue weighted by atomic mass is 32.2. The number of benzene rings is 2. The SMILES string of the molecule is Cc1ccccc1CN1CCN(C(=O)CSc2ccc([N+](=O)[O-])cc2)CC1. The van der Waals surface area contributed by atoms with Crippen LogP contribution in [0.2, 0.25) is 0 Å². The average molecular weight is 385 g/mol. The minimum atomic E-state index is -0.421. The van der Waals surface area contributed by atoms with Gasteiger partial charge in [-0.05, 0) is 30.2 Å². The summed E-state index contributed by atoms with van der Waals surface area (Å²) in [5, 5.41) is 10.7. The fourth-order valence-corrected chi connectivity index (χ4v) is 3.89. The Hall–Kier alpha value is -2.38.